The zero-order chi connectivity index (χ0) is 12.3. The lowest BCUT2D eigenvalue weighted by Crippen LogP contribution is -1.97. The largest absolute Gasteiger partial charge is 0.346 e. The van der Waals surface area contributed by atoms with E-state index in [2.05, 4.69) is 15.3 Å². The smallest absolute Gasteiger partial charge is 0.139 e. The van der Waals surface area contributed by atoms with E-state index in [1.165, 1.54) is 13.0 Å². The van der Waals surface area contributed by atoms with E-state index < -0.39 is 0 Å². The third kappa shape index (κ3) is 2.93. The average molecular weight is 231 g/mol. The summed E-state index contributed by atoms with van der Waals surface area (Å²) in [5, 5.41) is 4.16. The fourth-order valence-corrected chi connectivity index (χ4v) is 1.48. The Hall–Kier alpha value is -2.10. The van der Waals surface area contributed by atoms with Crippen LogP contribution in [0.15, 0.2) is 48.1 Å². The predicted octanol–water partition coefficient (Wildman–Crippen LogP) is 3.75. The summed E-state index contributed by atoms with van der Waals surface area (Å²) in [6.07, 6.45) is 4.94. The van der Waals surface area contributed by atoms with Crippen LogP contribution in [0, 0.1) is 0 Å². The van der Waals surface area contributed by atoms with Gasteiger partial charge < -0.3 is 10.3 Å². The number of rotatable bonds is 3. The molecule has 0 aliphatic rings. The van der Waals surface area contributed by atoms with Gasteiger partial charge in [-0.3, -0.25) is 0 Å². The molecule has 0 atom stereocenters. The molecule has 0 radical (unpaired) electrons. The Morgan fingerprint density at radius 1 is 1.29 bits per heavy atom. The maximum atomic E-state index is 12.5. The van der Waals surface area contributed by atoms with Crippen LogP contribution in [0.2, 0.25) is 0 Å². The molecule has 0 aliphatic carbocycles. The van der Waals surface area contributed by atoms with Crippen LogP contribution in [0.5, 0.6) is 0 Å². The molecule has 3 nitrogen and oxygen atoms in total. The number of hydrogen-bond donors (Lipinski definition) is 2. The third-order valence-corrected chi connectivity index (χ3v) is 2.30. The van der Waals surface area contributed by atoms with Gasteiger partial charge in [-0.1, -0.05) is 0 Å². The lowest BCUT2D eigenvalue weighted by Gasteiger charge is -2.04. The third-order valence-electron chi connectivity index (χ3n) is 2.30. The van der Waals surface area contributed by atoms with Crippen molar-refractivity contribution in [3.63, 3.8) is 0 Å². The van der Waals surface area contributed by atoms with E-state index in [4.69, 9.17) is 0 Å². The zero-order valence-corrected chi connectivity index (χ0v) is 9.79. The Kier molecular flexibility index (Phi) is 3.23. The molecule has 0 spiro atoms. The molecule has 2 aromatic rings. The van der Waals surface area contributed by atoms with Gasteiger partial charge in [-0.25, -0.2) is 9.37 Å². The first-order chi connectivity index (χ1) is 8.15. The molecular formula is C13H14FN3. The van der Waals surface area contributed by atoms with Crippen molar-refractivity contribution < 1.29 is 4.39 Å². The Labute approximate surface area is 99.1 Å². The molecule has 2 rings (SSSR count). The molecule has 2 aromatic heterocycles. The fourth-order valence-electron chi connectivity index (χ4n) is 1.48. The van der Waals surface area contributed by atoms with Crippen molar-refractivity contribution in [2.75, 3.05) is 5.32 Å². The number of pyridine rings is 1. The second-order valence-corrected chi connectivity index (χ2v) is 3.84. The highest BCUT2D eigenvalue weighted by Gasteiger charge is 1.98. The van der Waals surface area contributed by atoms with Crippen LogP contribution in [-0.2, 0) is 0 Å². The van der Waals surface area contributed by atoms with Crippen LogP contribution in [0.1, 0.15) is 13.8 Å². The number of aromatic nitrogens is 2. The number of halogens is 1. The first-order valence-corrected chi connectivity index (χ1v) is 5.37. The lowest BCUT2D eigenvalue weighted by molar-refractivity contribution is 0.640. The van der Waals surface area contributed by atoms with Crippen LogP contribution < -0.4 is 5.32 Å². The number of anilines is 1. The molecule has 88 valence electrons. The first-order valence-electron chi connectivity index (χ1n) is 5.37. The summed E-state index contributed by atoms with van der Waals surface area (Å²) in [5.74, 6) is 0.512. The number of nitrogens with one attached hydrogen (secondary N) is 2. The Bertz CT molecular complexity index is 577. The first kappa shape index (κ1) is 11.4. The molecule has 2 N–H and O–H groups in total. The molecule has 0 aromatic carbocycles. The van der Waals surface area contributed by atoms with Gasteiger partial charge in [0.1, 0.15) is 11.5 Å². The molecule has 2 heterocycles. The fraction of sp³-hybridized carbons (Fsp3) is 0.154. The molecule has 0 amide bonds. The van der Waals surface area contributed by atoms with Crippen LogP contribution in [0.4, 0.5) is 10.2 Å². The van der Waals surface area contributed by atoms with Gasteiger partial charge in [-0.15, -0.1) is 0 Å². The van der Waals surface area contributed by atoms with Gasteiger partial charge >= 0.3 is 0 Å². The molecule has 0 bridgehead atoms. The van der Waals surface area contributed by atoms with Crippen LogP contribution in [-0.4, -0.2) is 9.97 Å². The maximum absolute atomic E-state index is 12.5. The summed E-state index contributed by atoms with van der Waals surface area (Å²) in [6.45, 7) is 3.27. The van der Waals surface area contributed by atoms with Gasteiger partial charge in [0, 0.05) is 17.3 Å². The van der Waals surface area contributed by atoms with Crippen LogP contribution in [0.3, 0.4) is 0 Å². The second-order valence-electron chi connectivity index (χ2n) is 3.84. The van der Waals surface area contributed by atoms with Crippen LogP contribution in [0.25, 0.3) is 11.0 Å². The van der Waals surface area contributed by atoms with Crippen molar-refractivity contribution in [1.82, 2.24) is 9.97 Å². The predicted molar refractivity (Wildman–Crippen MR) is 68.3 cm³/mol. The minimum atomic E-state index is -0.223. The molecule has 0 unspecified atom stereocenters. The molecule has 0 fully saturated rings. The summed E-state index contributed by atoms with van der Waals surface area (Å²) in [7, 11) is 0. The standard InChI is InChI=1S/C13H14FN3/c1-9(14)3-4-10(2)16-12-6-5-11-7-8-15-13(11)17-12/h3-8H,1-2H3,(H2,15,16,17)/b9-3+,10-4+. The van der Waals surface area contributed by atoms with Crippen molar-refractivity contribution in [1.29, 1.82) is 0 Å². The number of aromatic amines is 1. The number of allylic oxidation sites excluding steroid dienone is 4. The van der Waals surface area contributed by atoms with Gasteiger partial charge in [0.15, 0.2) is 0 Å². The van der Waals surface area contributed by atoms with Gasteiger partial charge in [0.25, 0.3) is 0 Å². The number of H-pyrrole nitrogens is 1. The highest BCUT2D eigenvalue weighted by atomic mass is 19.1. The number of hydrogen-bond acceptors (Lipinski definition) is 2. The summed E-state index contributed by atoms with van der Waals surface area (Å²) in [5.41, 5.74) is 1.67. The van der Waals surface area contributed by atoms with Crippen molar-refractivity contribution >= 4 is 16.9 Å². The zero-order valence-electron chi connectivity index (χ0n) is 9.79. The summed E-state index contributed by atoms with van der Waals surface area (Å²) < 4.78 is 12.5. The quantitative estimate of drug-likeness (QED) is 0.790. The molecule has 17 heavy (non-hydrogen) atoms. The van der Waals surface area contributed by atoms with E-state index in [1.807, 2.05) is 31.3 Å². The van der Waals surface area contributed by atoms with E-state index in [1.54, 1.807) is 6.08 Å². The van der Waals surface area contributed by atoms with Crippen molar-refractivity contribution in [3.05, 3.63) is 48.1 Å². The van der Waals surface area contributed by atoms with Gasteiger partial charge in [0.05, 0.1) is 5.83 Å². The Morgan fingerprint density at radius 2 is 2.12 bits per heavy atom. The highest BCUT2D eigenvalue weighted by Crippen LogP contribution is 2.14. The molecule has 0 aliphatic heterocycles. The minimum absolute atomic E-state index is 0.223. The highest BCUT2D eigenvalue weighted by molar-refractivity contribution is 5.77. The number of nitrogens with zero attached hydrogens (tertiary/aromatic N) is 1. The maximum Gasteiger partial charge on any atom is 0.139 e. The molecular weight excluding hydrogens is 217 g/mol. The van der Waals surface area contributed by atoms with Gasteiger partial charge in [-0.2, -0.15) is 0 Å². The second kappa shape index (κ2) is 4.82. The topological polar surface area (TPSA) is 40.7 Å². The Balaban J connectivity index is 2.17. The summed E-state index contributed by atoms with van der Waals surface area (Å²) in [4.78, 5) is 7.42. The molecule has 0 saturated carbocycles. The normalized spacial score (nSPS) is 13.1. The lowest BCUT2D eigenvalue weighted by atomic mass is 10.3. The van der Waals surface area contributed by atoms with E-state index in [0.717, 1.165) is 22.5 Å². The van der Waals surface area contributed by atoms with E-state index in [9.17, 15) is 4.39 Å². The minimum Gasteiger partial charge on any atom is -0.346 e. The van der Waals surface area contributed by atoms with Crippen molar-refractivity contribution in [3.8, 4) is 0 Å². The summed E-state index contributed by atoms with van der Waals surface area (Å²) in [6, 6.07) is 5.83. The van der Waals surface area contributed by atoms with E-state index in [-0.39, 0.29) is 5.83 Å². The monoisotopic (exact) mass is 231 g/mol. The number of fused-ring (bicyclic) bond motifs is 1. The SMILES string of the molecule is C/C(F)=C\C=C(/C)Nc1ccc2cc[nH]c2n1. The van der Waals surface area contributed by atoms with Crippen LogP contribution >= 0.6 is 0 Å². The average Bonchev–Trinajstić information content (AvgIpc) is 2.73. The van der Waals surface area contributed by atoms with Gasteiger partial charge in [-0.05, 0) is 44.2 Å². The Morgan fingerprint density at radius 3 is 2.88 bits per heavy atom. The summed E-state index contributed by atoms with van der Waals surface area (Å²) >= 11 is 0. The van der Waals surface area contributed by atoms with E-state index >= 15 is 0 Å². The van der Waals surface area contributed by atoms with Crippen molar-refractivity contribution in [2.45, 2.75) is 13.8 Å². The molecule has 4 heteroatoms. The van der Waals surface area contributed by atoms with Crippen molar-refractivity contribution in [2.24, 2.45) is 0 Å². The van der Waals surface area contributed by atoms with Gasteiger partial charge in [0.2, 0.25) is 0 Å². The van der Waals surface area contributed by atoms with E-state index in [0.29, 0.717) is 0 Å². The molecule has 0 saturated heterocycles.